The van der Waals surface area contributed by atoms with E-state index in [9.17, 15) is 4.79 Å². The molecule has 0 saturated heterocycles. The van der Waals surface area contributed by atoms with Crippen molar-refractivity contribution in [3.05, 3.63) is 12.2 Å². The largest absolute Gasteiger partial charge is 0.396 e. The minimum Gasteiger partial charge on any atom is -0.396 e. The number of carbonyl (C=O) groups excluding carboxylic acids is 1. The van der Waals surface area contributed by atoms with E-state index in [2.05, 4.69) is 25.7 Å². The minimum atomic E-state index is -0.349. The minimum absolute atomic E-state index is 0.0415. The van der Waals surface area contributed by atoms with Crippen molar-refractivity contribution in [3.63, 3.8) is 0 Å². The number of nitrogens with one attached hydrogen (secondary N) is 1. The molecule has 0 aromatic carbocycles. The van der Waals surface area contributed by atoms with Gasteiger partial charge in [0.2, 0.25) is 5.91 Å². The molecule has 0 unspecified atom stereocenters. The van der Waals surface area contributed by atoms with Crippen molar-refractivity contribution in [2.24, 2.45) is 5.41 Å². The summed E-state index contributed by atoms with van der Waals surface area (Å²) in [5, 5.41) is 11.8. The number of ether oxygens (including phenoxy) is 1. The van der Waals surface area contributed by atoms with Crippen LogP contribution >= 0.6 is 0 Å². The van der Waals surface area contributed by atoms with Crippen LogP contribution in [0.2, 0.25) is 0 Å². The van der Waals surface area contributed by atoms with Crippen molar-refractivity contribution in [2.45, 2.75) is 59.5 Å². The van der Waals surface area contributed by atoms with Crippen molar-refractivity contribution in [1.82, 2.24) is 5.32 Å². The molecule has 0 saturated carbocycles. The average Bonchev–Trinajstić information content (AvgIpc) is 2.21. The summed E-state index contributed by atoms with van der Waals surface area (Å²) in [6.07, 6.45) is 1.92. The SMILES string of the molecule is C=C(C)CC(C)(C)CC(=O)NCCOC(C)(C)CCO. The molecule has 118 valence electrons. The average molecular weight is 285 g/mol. The molecule has 0 aliphatic rings. The first-order valence-electron chi connectivity index (χ1n) is 7.24. The molecule has 0 atom stereocenters. The van der Waals surface area contributed by atoms with Gasteiger partial charge in [-0.2, -0.15) is 0 Å². The highest BCUT2D eigenvalue weighted by molar-refractivity contribution is 5.76. The van der Waals surface area contributed by atoms with Gasteiger partial charge in [-0.3, -0.25) is 4.79 Å². The molecule has 0 spiro atoms. The van der Waals surface area contributed by atoms with Gasteiger partial charge in [-0.05, 0) is 39.0 Å². The number of aliphatic hydroxyl groups is 1. The zero-order valence-electron chi connectivity index (χ0n) is 13.7. The summed E-state index contributed by atoms with van der Waals surface area (Å²) < 4.78 is 5.63. The van der Waals surface area contributed by atoms with Crippen LogP contribution in [0, 0.1) is 5.41 Å². The first-order valence-corrected chi connectivity index (χ1v) is 7.24. The Morgan fingerprint density at radius 3 is 2.35 bits per heavy atom. The first kappa shape index (κ1) is 19.1. The van der Waals surface area contributed by atoms with Gasteiger partial charge in [-0.15, -0.1) is 6.58 Å². The second-order valence-corrected chi connectivity index (χ2v) is 6.91. The van der Waals surface area contributed by atoms with E-state index in [1.807, 2.05) is 20.8 Å². The molecule has 0 aromatic heterocycles. The molecule has 1 amide bonds. The molecule has 0 aliphatic heterocycles. The summed E-state index contributed by atoms with van der Waals surface area (Å²) in [5.74, 6) is 0.0415. The van der Waals surface area contributed by atoms with Crippen LogP contribution in [0.5, 0.6) is 0 Å². The Hall–Kier alpha value is -0.870. The Kier molecular flexibility index (Phi) is 8.06. The van der Waals surface area contributed by atoms with E-state index in [1.54, 1.807) is 0 Å². The standard InChI is InChI=1S/C16H31NO3/c1-13(2)11-15(3,4)12-14(19)17-8-10-20-16(5,6)7-9-18/h18H,1,7-12H2,2-6H3,(H,17,19). The van der Waals surface area contributed by atoms with Crippen molar-refractivity contribution in [1.29, 1.82) is 0 Å². The molecule has 20 heavy (non-hydrogen) atoms. The Morgan fingerprint density at radius 2 is 1.85 bits per heavy atom. The lowest BCUT2D eigenvalue weighted by atomic mass is 9.83. The van der Waals surface area contributed by atoms with Gasteiger partial charge >= 0.3 is 0 Å². The lowest BCUT2D eigenvalue weighted by molar-refractivity contribution is -0.123. The van der Waals surface area contributed by atoms with Gasteiger partial charge in [-0.1, -0.05) is 19.4 Å². The van der Waals surface area contributed by atoms with Crippen LogP contribution < -0.4 is 5.32 Å². The van der Waals surface area contributed by atoms with Crippen molar-refractivity contribution in [2.75, 3.05) is 19.8 Å². The summed E-state index contributed by atoms with van der Waals surface area (Å²) in [7, 11) is 0. The molecule has 2 N–H and O–H groups in total. The molecule has 4 nitrogen and oxygen atoms in total. The molecule has 0 aromatic rings. The van der Waals surface area contributed by atoms with Crippen LogP contribution in [-0.2, 0) is 9.53 Å². The highest BCUT2D eigenvalue weighted by Crippen LogP contribution is 2.28. The van der Waals surface area contributed by atoms with Crippen LogP contribution in [-0.4, -0.2) is 36.4 Å². The third-order valence-electron chi connectivity index (χ3n) is 3.05. The molecule has 0 aliphatic carbocycles. The molecule has 0 rings (SSSR count). The number of hydrogen-bond acceptors (Lipinski definition) is 3. The number of hydrogen-bond donors (Lipinski definition) is 2. The molecule has 0 bridgehead atoms. The molecule has 0 fully saturated rings. The Morgan fingerprint density at radius 1 is 1.25 bits per heavy atom. The lowest BCUT2D eigenvalue weighted by Crippen LogP contribution is -2.34. The number of rotatable bonds is 10. The number of allylic oxidation sites excluding steroid dienone is 1. The van der Waals surface area contributed by atoms with Gasteiger partial charge in [0, 0.05) is 19.6 Å². The van der Waals surface area contributed by atoms with Crippen molar-refractivity contribution >= 4 is 5.91 Å². The highest BCUT2D eigenvalue weighted by Gasteiger charge is 2.22. The van der Waals surface area contributed by atoms with Gasteiger partial charge < -0.3 is 15.2 Å². The second-order valence-electron chi connectivity index (χ2n) is 6.91. The van der Waals surface area contributed by atoms with Gasteiger partial charge in [0.15, 0.2) is 0 Å². The maximum Gasteiger partial charge on any atom is 0.220 e. The van der Waals surface area contributed by atoms with Crippen LogP contribution in [0.1, 0.15) is 53.9 Å². The van der Waals surface area contributed by atoms with Crippen LogP contribution in [0.4, 0.5) is 0 Å². The monoisotopic (exact) mass is 285 g/mol. The molecule has 0 heterocycles. The fourth-order valence-electron chi connectivity index (χ4n) is 2.24. The fraction of sp³-hybridized carbons (Fsp3) is 0.812. The fourth-order valence-corrected chi connectivity index (χ4v) is 2.24. The van der Waals surface area contributed by atoms with Gasteiger partial charge in [0.05, 0.1) is 12.2 Å². The van der Waals surface area contributed by atoms with Crippen LogP contribution in [0.15, 0.2) is 12.2 Å². The summed E-state index contributed by atoms with van der Waals surface area (Å²) in [5.41, 5.74) is 0.683. The van der Waals surface area contributed by atoms with Gasteiger partial charge in [0.25, 0.3) is 0 Å². The topological polar surface area (TPSA) is 58.6 Å². The zero-order chi connectivity index (χ0) is 15.8. The van der Waals surface area contributed by atoms with E-state index in [4.69, 9.17) is 9.84 Å². The second kappa shape index (κ2) is 8.42. The highest BCUT2D eigenvalue weighted by atomic mass is 16.5. The summed E-state index contributed by atoms with van der Waals surface area (Å²) >= 11 is 0. The van der Waals surface area contributed by atoms with Crippen LogP contribution in [0.25, 0.3) is 0 Å². The van der Waals surface area contributed by atoms with E-state index < -0.39 is 0 Å². The third-order valence-corrected chi connectivity index (χ3v) is 3.05. The normalized spacial score (nSPS) is 12.3. The summed E-state index contributed by atoms with van der Waals surface area (Å²) in [6.45, 7) is 14.9. The predicted octanol–water partition coefficient (Wildman–Crippen LogP) is 2.66. The van der Waals surface area contributed by atoms with Gasteiger partial charge in [-0.25, -0.2) is 0 Å². The van der Waals surface area contributed by atoms with E-state index in [0.717, 1.165) is 12.0 Å². The maximum atomic E-state index is 11.9. The van der Waals surface area contributed by atoms with Crippen molar-refractivity contribution < 1.29 is 14.6 Å². The lowest BCUT2D eigenvalue weighted by Gasteiger charge is -2.25. The summed E-state index contributed by atoms with van der Waals surface area (Å²) in [4.78, 5) is 11.9. The number of amides is 1. The smallest absolute Gasteiger partial charge is 0.220 e. The van der Waals surface area contributed by atoms with Gasteiger partial charge in [0.1, 0.15) is 0 Å². The third kappa shape index (κ3) is 9.98. The molecular formula is C16H31NO3. The quantitative estimate of drug-likeness (QED) is 0.479. The molecule has 0 radical (unpaired) electrons. The van der Waals surface area contributed by atoms with E-state index in [0.29, 0.717) is 26.0 Å². The van der Waals surface area contributed by atoms with Crippen LogP contribution in [0.3, 0.4) is 0 Å². The zero-order valence-corrected chi connectivity index (χ0v) is 13.7. The van der Waals surface area contributed by atoms with Crippen molar-refractivity contribution in [3.8, 4) is 0 Å². The number of carbonyl (C=O) groups is 1. The van der Waals surface area contributed by atoms with E-state index >= 15 is 0 Å². The maximum absolute atomic E-state index is 11.9. The molecular weight excluding hydrogens is 254 g/mol. The summed E-state index contributed by atoms with van der Waals surface area (Å²) in [6, 6.07) is 0. The first-order chi connectivity index (χ1) is 9.08. The Balaban J connectivity index is 3.92. The van der Waals surface area contributed by atoms with E-state index in [-0.39, 0.29) is 23.5 Å². The number of aliphatic hydroxyl groups excluding tert-OH is 1. The molecule has 4 heteroatoms. The Bertz CT molecular complexity index is 322. The predicted molar refractivity (Wildman–Crippen MR) is 82.6 cm³/mol. The van der Waals surface area contributed by atoms with E-state index in [1.165, 1.54) is 0 Å². The Labute approximate surface area is 123 Å².